The van der Waals surface area contributed by atoms with Crippen molar-refractivity contribution in [3.63, 3.8) is 0 Å². The molecule has 1 saturated heterocycles. The lowest BCUT2D eigenvalue weighted by Crippen LogP contribution is -2.26. The fourth-order valence-electron chi connectivity index (χ4n) is 1.98. The van der Waals surface area contributed by atoms with Crippen LogP contribution in [-0.4, -0.2) is 13.6 Å². The minimum Gasteiger partial charge on any atom is -0.449 e. The first-order valence-electron chi connectivity index (χ1n) is 4.95. The van der Waals surface area contributed by atoms with Crippen LogP contribution < -0.4 is 0 Å². The molecule has 1 heterocycles. The molecule has 0 spiro atoms. The van der Waals surface area contributed by atoms with Gasteiger partial charge in [0.15, 0.2) is 0 Å². The molecule has 82 valence electrons. The van der Waals surface area contributed by atoms with Gasteiger partial charge in [-0.1, -0.05) is 30.3 Å². The Hall–Kier alpha value is -0.965. The van der Waals surface area contributed by atoms with E-state index < -0.39 is 18.9 Å². The highest BCUT2D eigenvalue weighted by Gasteiger charge is 2.43. The van der Waals surface area contributed by atoms with Gasteiger partial charge in [-0.15, -0.1) is 0 Å². The van der Waals surface area contributed by atoms with Crippen molar-refractivity contribution in [1.82, 2.24) is 0 Å². The first-order valence-corrected chi connectivity index (χ1v) is 4.95. The summed E-state index contributed by atoms with van der Waals surface area (Å²) < 4.78 is 43.2. The number of ether oxygens (including phenoxy) is 1. The van der Waals surface area contributed by atoms with Crippen molar-refractivity contribution >= 4 is 6.98 Å². The molecule has 15 heavy (non-hydrogen) atoms. The van der Waals surface area contributed by atoms with Crippen LogP contribution in [0, 0.1) is 0 Å². The van der Waals surface area contributed by atoms with Crippen LogP contribution in [0.2, 0.25) is 5.82 Å². The highest BCUT2D eigenvalue weighted by atomic mass is 19.4. The van der Waals surface area contributed by atoms with E-state index in [0.29, 0.717) is 5.56 Å². The fraction of sp³-hybridized carbons (Fsp3) is 0.400. The number of benzene rings is 1. The van der Waals surface area contributed by atoms with Crippen LogP contribution >= 0.6 is 0 Å². The summed E-state index contributed by atoms with van der Waals surface area (Å²) >= 11 is 0. The van der Waals surface area contributed by atoms with Crippen molar-refractivity contribution in [2.45, 2.75) is 18.3 Å². The van der Waals surface area contributed by atoms with Gasteiger partial charge >= 0.3 is 6.98 Å². The summed E-state index contributed by atoms with van der Waals surface area (Å²) in [7, 11) is 0. The van der Waals surface area contributed by atoms with Gasteiger partial charge in [0.05, 0.1) is 6.10 Å². The largest absolute Gasteiger partial charge is 0.484 e. The fourth-order valence-corrected chi connectivity index (χ4v) is 1.98. The van der Waals surface area contributed by atoms with Crippen LogP contribution in [-0.2, 0) is 4.74 Å². The summed E-state index contributed by atoms with van der Waals surface area (Å²) in [6.07, 6.45) is -0.713. The topological polar surface area (TPSA) is 9.23 Å². The minimum atomic E-state index is -4.81. The molecule has 0 radical (unpaired) electrons. The number of halogens is 3. The normalized spacial score (nSPS) is 26.9. The molecule has 1 aliphatic heterocycles. The Morgan fingerprint density at radius 1 is 1.13 bits per heavy atom. The smallest absolute Gasteiger partial charge is 0.449 e. The van der Waals surface area contributed by atoms with Crippen molar-refractivity contribution in [1.29, 1.82) is 0 Å². The molecule has 0 aliphatic carbocycles. The van der Waals surface area contributed by atoms with E-state index >= 15 is 0 Å². The summed E-state index contributed by atoms with van der Waals surface area (Å²) in [6.45, 7) is -4.61. The van der Waals surface area contributed by atoms with E-state index in [-0.39, 0.29) is 13.0 Å². The zero-order valence-corrected chi connectivity index (χ0v) is 8.08. The van der Waals surface area contributed by atoms with Gasteiger partial charge in [0, 0.05) is 6.61 Å². The molecule has 0 saturated carbocycles. The van der Waals surface area contributed by atoms with Crippen LogP contribution in [0.5, 0.6) is 0 Å². The average molecular weight is 215 g/mol. The van der Waals surface area contributed by atoms with Crippen LogP contribution in [0.3, 0.4) is 0 Å². The molecule has 0 N–H and O–H groups in total. The third-order valence-electron chi connectivity index (χ3n) is 2.75. The second-order valence-electron chi connectivity index (χ2n) is 3.78. The molecule has 0 amide bonds. The van der Waals surface area contributed by atoms with Crippen molar-refractivity contribution in [2.75, 3.05) is 6.61 Å². The quantitative estimate of drug-likeness (QED) is 0.687. The Morgan fingerprint density at radius 2 is 1.80 bits per heavy atom. The third kappa shape index (κ3) is 2.17. The minimum absolute atomic E-state index is 0.0864. The van der Waals surface area contributed by atoms with Gasteiger partial charge in [-0.25, -0.2) is 0 Å². The summed E-state index contributed by atoms with van der Waals surface area (Å²) in [5, 5.41) is 0. The van der Waals surface area contributed by atoms with Gasteiger partial charge in [0.25, 0.3) is 0 Å². The Balaban J connectivity index is 2.23. The first kappa shape index (κ1) is 10.5. The van der Waals surface area contributed by atoms with Crippen LogP contribution in [0.1, 0.15) is 18.1 Å². The molecule has 1 aromatic rings. The molecule has 2 unspecified atom stereocenters. The highest BCUT2D eigenvalue weighted by molar-refractivity contribution is 6.60. The highest BCUT2D eigenvalue weighted by Crippen LogP contribution is 2.46. The average Bonchev–Trinajstić information content (AvgIpc) is 2.67. The molecule has 1 aliphatic rings. The maximum Gasteiger partial charge on any atom is 0.484 e. The number of hydrogen-bond acceptors (Lipinski definition) is 1. The second-order valence-corrected chi connectivity index (χ2v) is 3.78. The van der Waals surface area contributed by atoms with E-state index in [0.717, 1.165) is 0 Å². The van der Waals surface area contributed by atoms with E-state index in [4.69, 9.17) is 4.74 Å². The van der Waals surface area contributed by atoms with Crippen LogP contribution in [0.25, 0.3) is 0 Å². The molecule has 0 bridgehead atoms. The van der Waals surface area contributed by atoms with Gasteiger partial charge < -0.3 is 17.7 Å². The van der Waals surface area contributed by atoms with Crippen molar-refractivity contribution in [3.05, 3.63) is 35.9 Å². The Kier molecular flexibility index (Phi) is 2.73. The maximum absolute atomic E-state index is 12.7. The Bertz CT molecular complexity index is 325. The summed E-state index contributed by atoms with van der Waals surface area (Å²) in [5.74, 6) is -1.30. The van der Waals surface area contributed by atoms with E-state index in [1.807, 2.05) is 0 Å². The summed E-state index contributed by atoms with van der Waals surface area (Å²) in [4.78, 5) is 0. The van der Waals surface area contributed by atoms with E-state index in [1.54, 1.807) is 30.3 Å². The summed E-state index contributed by atoms with van der Waals surface area (Å²) in [6, 6.07) is 8.62. The zero-order valence-electron chi connectivity index (χ0n) is 8.08. The molecule has 5 heteroatoms. The maximum atomic E-state index is 12.7. The van der Waals surface area contributed by atoms with Crippen LogP contribution in [0.15, 0.2) is 30.3 Å². The lowest BCUT2D eigenvalue weighted by molar-refractivity contribution is 0.107. The van der Waals surface area contributed by atoms with Gasteiger partial charge in [-0.3, -0.25) is 0 Å². The second kappa shape index (κ2) is 3.89. The van der Waals surface area contributed by atoms with Crippen molar-refractivity contribution in [2.24, 2.45) is 0 Å². The molecule has 1 aromatic carbocycles. The molecule has 2 atom stereocenters. The molecular weight excluding hydrogens is 204 g/mol. The molecule has 0 aromatic heterocycles. The SMILES string of the molecule is F[B-](F)(F)C1CCOC1c1ccccc1. The predicted molar refractivity (Wildman–Crippen MR) is 52.6 cm³/mol. The zero-order chi connectivity index (χ0) is 10.9. The van der Waals surface area contributed by atoms with Crippen molar-refractivity contribution in [3.8, 4) is 0 Å². The molecule has 1 nitrogen and oxygen atoms in total. The van der Waals surface area contributed by atoms with Gasteiger partial charge in [-0.2, -0.15) is 0 Å². The van der Waals surface area contributed by atoms with Gasteiger partial charge in [-0.05, 0) is 17.8 Å². The Morgan fingerprint density at radius 3 is 2.40 bits per heavy atom. The predicted octanol–water partition coefficient (Wildman–Crippen LogP) is 3.37. The molecule has 2 rings (SSSR count). The van der Waals surface area contributed by atoms with Gasteiger partial charge in [0.2, 0.25) is 0 Å². The van der Waals surface area contributed by atoms with E-state index in [9.17, 15) is 12.9 Å². The Labute approximate surface area is 86.3 Å². The molecular formula is C10H11BF3O-. The first-order chi connectivity index (χ1) is 7.09. The summed E-state index contributed by atoms with van der Waals surface area (Å²) in [5.41, 5.74) is 0.624. The number of rotatable bonds is 2. The van der Waals surface area contributed by atoms with E-state index in [2.05, 4.69) is 0 Å². The van der Waals surface area contributed by atoms with Gasteiger partial charge in [0.1, 0.15) is 0 Å². The number of hydrogen-bond donors (Lipinski definition) is 0. The monoisotopic (exact) mass is 215 g/mol. The molecule has 1 fully saturated rings. The van der Waals surface area contributed by atoms with E-state index in [1.165, 1.54) is 0 Å². The lowest BCUT2D eigenvalue weighted by atomic mass is 9.67. The third-order valence-corrected chi connectivity index (χ3v) is 2.75. The van der Waals surface area contributed by atoms with Crippen molar-refractivity contribution < 1.29 is 17.7 Å². The van der Waals surface area contributed by atoms with Crippen LogP contribution in [0.4, 0.5) is 12.9 Å². The standard InChI is InChI=1S/C10H11BF3O/c12-11(13,14)9-6-7-15-10(9)8-4-2-1-3-5-8/h1-5,9-10H,6-7H2/q-1. The lowest BCUT2D eigenvalue weighted by Gasteiger charge is -2.27.